The minimum Gasteiger partial charge on any atom is -0.326 e. The van der Waals surface area contributed by atoms with Crippen LogP contribution < -0.4 is 5.32 Å². The molecule has 1 aliphatic rings. The van der Waals surface area contributed by atoms with Crippen LogP contribution in [0.2, 0.25) is 0 Å². The third-order valence-electron chi connectivity index (χ3n) is 5.12. The Labute approximate surface area is 202 Å². The number of nitrogens with zero attached hydrogens (tertiary/aromatic N) is 3. The summed E-state index contributed by atoms with van der Waals surface area (Å²) in [7, 11) is -3.71. The molecule has 1 aliphatic heterocycles. The molecule has 0 fully saturated rings. The molecule has 0 spiro atoms. The Morgan fingerprint density at radius 2 is 1.72 bits per heavy atom. The molecule has 3 heterocycles. The summed E-state index contributed by atoms with van der Waals surface area (Å²) in [6.45, 7) is -0.919. The number of nitrogens with one attached hydrogen (secondary N) is 1. The van der Waals surface area contributed by atoms with Crippen molar-refractivity contribution in [2.24, 2.45) is 0 Å². The Morgan fingerprint density at radius 1 is 1.08 bits per heavy atom. The first-order valence-corrected chi connectivity index (χ1v) is 12.5. The van der Waals surface area contributed by atoms with Gasteiger partial charge in [0, 0.05) is 30.9 Å². The summed E-state index contributed by atoms with van der Waals surface area (Å²) in [5.41, 5.74) is -1.92. The lowest BCUT2D eigenvalue weighted by atomic mass is 10.1. The minimum absolute atomic E-state index is 0.135. The van der Waals surface area contributed by atoms with Crippen molar-refractivity contribution in [2.45, 2.75) is 30.3 Å². The van der Waals surface area contributed by atoms with E-state index in [4.69, 9.17) is 0 Å². The van der Waals surface area contributed by atoms with Crippen LogP contribution in [0.1, 0.15) is 16.7 Å². The van der Waals surface area contributed by atoms with Gasteiger partial charge in [-0.05, 0) is 29.3 Å². The largest absolute Gasteiger partial charge is 0.471 e. The Bertz CT molecular complexity index is 1470. The molecule has 0 radical (unpaired) electrons. The standard InChI is InChI=1S/C20H13F7N4O3S2/c1-36(33,34)11-4-15(35-8-11)16-12(19(22,23)24)5-28-18(30-16)29-14-3-10-7-31(17(32)20(25,26)27)6-9(10)2-13(14)21/h2-5,8H,6-7H2,1H3,(H,28,29,30). The fourth-order valence-electron chi connectivity index (χ4n) is 3.43. The molecule has 36 heavy (non-hydrogen) atoms. The summed E-state index contributed by atoms with van der Waals surface area (Å²) in [6.07, 6.45) is -8.67. The van der Waals surface area contributed by atoms with Gasteiger partial charge in [0.05, 0.1) is 21.2 Å². The molecule has 1 aromatic carbocycles. The fourth-order valence-corrected chi connectivity index (χ4v) is 5.46. The number of halogens is 7. The van der Waals surface area contributed by atoms with Crippen LogP contribution in [0.5, 0.6) is 0 Å². The second-order valence-electron chi connectivity index (χ2n) is 7.76. The van der Waals surface area contributed by atoms with Gasteiger partial charge in [0.1, 0.15) is 11.4 Å². The highest BCUT2D eigenvalue weighted by Crippen LogP contribution is 2.39. The number of fused-ring (bicyclic) bond motifs is 1. The van der Waals surface area contributed by atoms with E-state index in [1.54, 1.807) is 0 Å². The number of hydrogen-bond donors (Lipinski definition) is 1. The van der Waals surface area contributed by atoms with Crippen LogP contribution in [0.15, 0.2) is 34.7 Å². The van der Waals surface area contributed by atoms with Crippen molar-refractivity contribution >= 4 is 38.7 Å². The van der Waals surface area contributed by atoms with Crippen molar-refractivity contribution in [3.05, 3.63) is 52.3 Å². The van der Waals surface area contributed by atoms with Crippen LogP contribution >= 0.6 is 11.3 Å². The zero-order valence-corrected chi connectivity index (χ0v) is 19.5. The zero-order valence-electron chi connectivity index (χ0n) is 17.8. The van der Waals surface area contributed by atoms with Crippen molar-refractivity contribution in [1.29, 1.82) is 0 Å². The van der Waals surface area contributed by atoms with Gasteiger partial charge in [-0.15, -0.1) is 11.3 Å². The molecular formula is C20H13F7N4O3S2. The number of anilines is 2. The van der Waals surface area contributed by atoms with Gasteiger partial charge in [0.15, 0.2) is 9.84 Å². The zero-order chi connectivity index (χ0) is 26.6. The van der Waals surface area contributed by atoms with Crippen molar-refractivity contribution in [3.8, 4) is 10.6 Å². The molecule has 2 aromatic heterocycles. The van der Waals surface area contributed by atoms with Gasteiger partial charge in [-0.1, -0.05) is 0 Å². The number of rotatable bonds is 4. The second kappa shape index (κ2) is 8.69. The maximum Gasteiger partial charge on any atom is 0.471 e. The Kier molecular flexibility index (Phi) is 6.23. The molecule has 3 aromatic rings. The minimum atomic E-state index is -5.11. The van der Waals surface area contributed by atoms with Gasteiger partial charge < -0.3 is 10.2 Å². The molecule has 4 rings (SSSR count). The quantitative estimate of drug-likeness (QED) is 0.461. The molecule has 0 unspecified atom stereocenters. The molecule has 16 heteroatoms. The first-order valence-electron chi connectivity index (χ1n) is 9.71. The number of alkyl halides is 6. The number of amides is 1. The molecule has 1 N–H and O–H groups in total. The van der Waals surface area contributed by atoms with Crippen molar-refractivity contribution in [1.82, 2.24) is 14.9 Å². The van der Waals surface area contributed by atoms with Gasteiger partial charge >= 0.3 is 18.3 Å². The third kappa shape index (κ3) is 5.13. The normalized spacial score (nSPS) is 14.2. The highest BCUT2D eigenvalue weighted by Gasteiger charge is 2.44. The Balaban J connectivity index is 1.68. The maximum atomic E-state index is 14.6. The topological polar surface area (TPSA) is 92.3 Å². The Morgan fingerprint density at radius 3 is 2.28 bits per heavy atom. The van der Waals surface area contributed by atoms with Crippen LogP contribution in [0.4, 0.5) is 42.4 Å². The van der Waals surface area contributed by atoms with E-state index in [2.05, 4.69) is 15.3 Å². The van der Waals surface area contributed by atoms with Gasteiger partial charge in [-0.3, -0.25) is 4.79 Å². The molecule has 0 aliphatic carbocycles. The average molecular weight is 554 g/mol. The van der Waals surface area contributed by atoms with Gasteiger partial charge in [-0.2, -0.15) is 26.3 Å². The van der Waals surface area contributed by atoms with Crippen LogP contribution in [-0.2, 0) is 33.9 Å². The summed E-state index contributed by atoms with van der Waals surface area (Å²) in [5.74, 6) is -3.53. The van der Waals surface area contributed by atoms with E-state index in [1.807, 2.05) is 0 Å². The third-order valence-corrected chi connectivity index (χ3v) is 7.30. The highest BCUT2D eigenvalue weighted by molar-refractivity contribution is 7.90. The number of thiophene rings is 1. The molecule has 0 bridgehead atoms. The second-order valence-corrected chi connectivity index (χ2v) is 10.7. The van der Waals surface area contributed by atoms with E-state index in [9.17, 15) is 43.9 Å². The summed E-state index contributed by atoms with van der Waals surface area (Å²) >= 11 is 0.698. The van der Waals surface area contributed by atoms with Crippen LogP contribution in [-0.4, -0.2) is 41.6 Å². The van der Waals surface area contributed by atoms with E-state index in [0.29, 0.717) is 22.4 Å². The smallest absolute Gasteiger partial charge is 0.326 e. The van der Waals surface area contributed by atoms with E-state index in [0.717, 1.165) is 29.8 Å². The van der Waals surface area contributed by atoms with E-state index < -0.39 is 64.2 Å². The average Bonchev–Trinajstić information content (AvgIpc) is 3.39. The van der Waals surface area contributed by atoms with E-state index in [1.165, 1.54) is 0 Å². The first-order chi connectivity index (χ1) is 16.5. The summed E-state index contributed by atoms with van der Waals surface area (Å²) in [4.78, 5) is 19.0. The molecule has 192 valence electrons. The molecule has 0 saturated heterocycles. The molecule has 0 saturated carbocycles. The van der Waals surface area contributed by atoms with Gasteiger partial charge in [0.25, 0.3) is 0 Å². The van der Waals surface area contributed by atoms with E-state index in [-0.39, 0.29) is 26.6 Å². The van der Waals surface area contributed by atoms with Gasteiger partial charge in [0.2, 0.25) is 5.95 Å². The number of carbonyl (C=O) groups is 1. The first kappa shape index (κ1) is 25.8. The molecule has 7 nitrogen and oxygen atoms in total. The summed E-state index contributed by atoms with van der Waals surface area (Å²) in [5, 5.41) is 3.55. The fraction of sp³-hybridized carbons (Fsp3) is 0.250. The summed E-state index contributed by atoms with van der Waals surface area (Å²) in [6, 6.07) is 3.04. The SMILES string of the molecule is CS(=O)(=O)c1csc(-c2nc(Nc3cc4c(cc3F)CN(C(=O)C(F)(F)F)C4)ncc2C(F)(F)F)c1. The van der Waals surface area contributed by atoms with E-state index >= 15 is 0 Å². The van der Waals surface area contributed by atoms with Crippen LogP contribution in [0, 0.1) is 5.82 Å². The van der Waals surface area contributed by atoms with Crippen molar-refractivity contribution in [2.75, 3.05) is 11.6 Å². The van der Waals surface area contributed by atoms with Crippen LogP contribution in [0.3, 0.4) is 0 Å². The van der Waals surface area contributed by atoms with Crippen LogP contribution in [0.25, 0.3) is 10.6 Å². The lowest BCUT2D eigenvalue weighted by Crippen LogP contribution is -2.37. The maximum absolute atomic E-state index is 14.6. The number of sulfone groups is 1. The molecular weight excluding hydrogens is 541 g/mol. The van der Waals surface area contributed by atoms with Crippen molar-refractivity contribution in [3.63, 3.8) is 0 Å². The molecule has 0 atom stereocenters. The number of carbonyl (C=O) groups excluding carboxylic acids is 1. The van der Waals surface area contributed by atoms with Gasteiger partial charge in [-0.25, -0.2) is 22.8 Å². The monoisotopic (exact) mass is 554 g/mol. The predicted octanol–water partition coefficient (Wildman–Crippen LogP) is 4.91. The lowest BCUT2D eigenvalue weighted by molar-refractivity contribution is -0.186. The number of benzene rings is 1. The summed E-state index contributed by atoms with van der Waals surface area (Å²) < 4.78 is 117. The Hall–Kier alpha value is -3.27. The molecule has 1 amide bonds. The predicted molar refractivity (Wildman–Crippen MR) is 113 cm³/mol. The lowest BCUT2D eigenvalue weighted by Gasteiger charge is -2.16. The number of hydrogen-bond acceptors (Lipinski definition) is 7. The highest BCUT2D eigenvalue weighted by atomic mass is 32.2. The van der Waals surface area contributed by atoms with Crippen molar-refractivity contribution < 1.29 is 43.9 Å². The number of aromatic nitrogens is 2.